The second-order valence-electron chi connectivity index (χ2n) is 6.16. The standard InChI is InChI=1S/C19H19IN4O3/c20-16-4-2-1-3-15(16)18(26)21-11-17(25)22-12-5-7-13(8-6-12)23-19(27)24-14-9-10-14/h1-8,14H,9-11H2,(H,21,26)(H,22,25)(H2,23,24,27). The lowest BCUT2D eigenvalue weighted by Crippen LogP contribution is -2.33. The molecule has 0 unspecified atom stereocenters. The number of carbonyl (C=O) groups excluding carboxylic acids is 3. The van der Waals surface area contributed by atoms with Crippen LogP contribution in [0.25, 0.3) is 0 Å². The van der Waals surface area contributed by atoms with Gasteiger partial charge in [0.1, 0.15) is 0 Å². The molecule has 1 aliphatic rings. The van der Waals surface area contributed by atoms with Crippen molar-refractivity contribution in [2.24, 2.45) is 0 Å². The molecular weight excluding hydrogens is 459 g/mol. The van der Waals surface area contributed by atoms with Crippen molar-refractivity contribution >= 4 is 51.8 Å². The number of rotatable bonds is 6. The maximum absolute atomic E-state index is 12.1. The Hall–Kier alpha value is -2.62. The predicted molar refractivity (Wildman–Crippen MR) is 112 cm³/mol. The Morgan fingerprint density at radius 2 is 1.56 bits per heavy atom. The van der Waals surface area contributed by atoms with Gasteiger partial charge in [0.25, 0.3) is 5.91 Å². The molecule has 0 bridgehead atoms. The Labute approximate surface area is 170 Å². The van der Waals surface area contributed by atoms with Crippen LogP contribution in [-0.4, -0.2) is 30.4 Å². The molecule has 0 heterocycles. The van der Waals surface area contributed by atoms with Crippen LogP contribution in [0.15, 0.2) is 48.5 Å². The fraction of sp³-hybridized carbons (Fsp3) is 0.211. The average molecular weight is 478 g/mol. The molecule has 0 radical (unpaired) electrons. The van der Waals surface area contributed by atoms with Crippen LogP contribution in [0.5, 0.6) is 0 Å². The summed E-state index contributed by atoms with van der Waals surface area (Å²) in [5.41, 5.74) is 1.75. The topological polar surface area (TPSA) is 99.3 Å². The quantitative estimate of drug-likeness (QED) is 0.481. The Morgan fingerprint density at radius 3 is 2.19 bits per heavy atom. The van der Waals surface area contributed by atoms with Crippen molar-refractivity contribution in [2.45, 2.75) is 18.9 Å². The molecule has 7 nitrogen and oxygen atoms in total. The monoisotopic (exact) mass is 478 g/mol. The van der Waals surface area contributed by atoms with Gasteiger partial charge in [-0.25, -0.2) is 4.79 Å². The van der Waals surface area contributed by atoms with E-state index in [1.807, 2.05) is 12.1 Å². The molecule has 0 spiro atoms. The highest BCUT2D eigenvalue weighted by Gasteiger charge is 2.23. The maximum Gasteiger partial charge on any atom is 0.319 e. The van der Waals surface area contributed by atoms with Gasteiger partial charge >= 0.3 is 6.03 Å². The summed E-state index contributed by atoms with van der Waals surface area (Å²) < 4.78 is 0.821. The highest BCUT2D eigenvalue weighted by Crippen LogP contribution is 2.19. The highest BCUT2D eigenvalue weighted by molar-refractivity contribution is 14.1. The molecule has 140 valence electrons. The van der Waals surface area contributed by atoms with Gasteiger partial charge in [-0.05, 0) is 71.8 Å². The summed E-state index contributed by atoms with van der Waals surface area (Å²) >= 11 is 2.08. The molecule has 0 aliphatic heterocycles. The zero-order valence-electron chi connectivity index (χ0n) is 14.4. The number of anilines is 2. The SMILES string of the molecule is O=C(CNC(=O)c1ccccc1I)Nc1ccc(NC(=O)NC2CC2)cc1. The van der Waals surface area contributed by atoms with Gasteiger partial charge in [-0.2, -0.15) is 0 Å². The normalized spacial score (nSPS) is 12.8. The van der Waals surface area contributed by atoms with Crippen LogP contribution < -0.4 is 21.3 Å². The number of nitrogens with one attached hydrogen (secondary N) is 4. The van der Waals surface area contributed by atoms with Crippen LogP contribution in [-0.2, 0) is 4.79 Å². The number of hydrogen-bond acceptors (Lipinski definition) is 3. The first-order valence-corrected chi connectivity index (χ1v) is 9.59. The number of carbonyl (C=O) groups is 3. The Bertz CT molecular complexity index is 850. The fourth-order valence-electron chi connectivity index (χ4n) is 2.32. The minimum atomic E-state index is -0.332. The largest absolute Gasteiger partial charge is 0.343 e. The van der Waals surface area contributed by atoms with E-state index in [1.54, 1.807) is 36.4 Å². The van der Waals surface area contributed by atoms with Crippen molar-refractivity contribution in [3.63, 3.8) is 0 Å². The summed E-state index contributed by atoms with van der Waals surface area (Å²) in [5, 5.41) is 10.9. The first kappa shape index (κ1) is 19.2. The predicted octanol–water partition coefficient (Wildman–Crippen LogP) is 2.94. The van der Waals surface area contributed by atoms with Crippen molar-refractivity contribution < 1.29 is 14.4 Å². The third-order valence-corrected chi connectivity index (χ3v) is 4.81. The Kier molecular flexibility index (Phi) is 6.28. The van der Waals surface area contributed by atoms with Crippen molar-refractivity contribution in [1.82, 2.24) is 10.6 Å². The molecule has 2 aromatic carbocycles. The molecule has 4 amide bonds. The van der Waals surface area contributed by atoms with Gasteiger partial charge in [0.15, 0.2) is 0 Å². The van der Waals surface area contributed by atoms with E-state index in [0.29, 0.717) is 16.9 Å². The van der Waals surface area contributed by atoms with Crippen molar-refractivity contribution in [3.8, 4) is 0 Å². The number of benzene rings is 2. The molecule has 0 saturated heterocycles. The van der Waals surface area contributed by atoms with Gasteiger partial charge < -0.3 is 21.3 Å². The molecule has 1 aliphatic carbocycles. The number of amides is 4. The molecule has 1 fully saturated rings. The number of urea groups is 1. The smallest absolute Gasteiger partial charge is 0.319 e. The molecule has 0 atom stereocenters. The lowest BCUT2D eigenvalue weighted by Gasteiger charge is -2.09. The van der Waals surface area contributed by atoms with Gasteiger partial charge in [0.05, 0.1) is 12.1 Å². The van der Waals surface area contributed by atoms with E-state index >= 15 is 0 Å². The van der Waals surface area contributed by atoms with Crippen molar-refractivity contribution in [1.29, 1.82) is 0 Å². The molecule has 2 aromatic rings. The van der Waals surface area contributed by atoms with Gasteiger partial charge in [0, 0.05) is 21.0 Å². The number of halogens is 1. The van der Waals surface area contributed by atoms with E-state index in [-0.39, 0.29) is 30.4 Å². The summed E-state index contributed by atoms with van der Waals surface area (Å²) in [7, 11) is 0. The van der Waals surface area contributed by atoms with Crippen LogP contribution in [0, 0.1) is 3.57 Å². The summed E-state index contributed by atoms with van der Waals surface area (Å²) in [6, 6.07) is 14.0. The third-order valence-electron chi connectivity index (χ3n) is 3.87. The van der Waals surface area contributed by atoms with Gasteiger partial charge in [-0.3, -0.25) is 9.59 Å². The van der Waals surface area contributed by atoms with E-state index in [0.717, 1.165) is 16.4 Å². The van der Waals surface area contributed by atoms with Crippen LogP contribution in [0.3, 0.4) is 0 Å². The van der Waals surface area contributed by atoms with E-state index in [4.69, 9.17) is 0 Å². The van der Waals surface area contributed by atoms with E-state index in [2.05, 4.69) is 43.9 Å². The molecule has 0 aromatic heterocycles. The van der Waals surface area contributed by atoms with Crippen molar-refractivity contribution in [2.75, 3.05) is 17.2 Å². The summed E-state index contributed by atoms with van der Waals surface area (Å²) in [6.07, 6.45) is 2.05. The zero-order valence-corrected chi connectivity index (χ0v) is 16.6. The molecule has 27 heavy (non-hydrogen) atoms. The molecule has 4 N–H and O–H groups in total. The van der Waals surface area contributed by atoms with Crippen LogP contribution >= 0.6 is 22.6 Å². The number of hydrogen-bond donors (Lipinski definition) is 4. The average Bonchev–Trinajstić information content (AvgIpc) is 3.45. The van der Waals surface area contributed by atoms with Crippen LogP contribution in [0.1, 0.15) is 23.2 Å². The van der Waals surface area contributed by atoms with Gasteiger partial charge in [-0.1, -0.05) is 12.1 Å². The zero-order chi connectivity index (χ0) is 19.2. The molecular formula is C19H19IN4O3. The van der Waals surface area contributed by atoms with E-state index in [9.17, 15) is 14.4 Å². The summed E-state index contributed by atoms with van der Waals surface area (Å²) in [4.78, 5) is 35.8. The Balaban J connectivity index is 1.45. The maximum atomic E-state index is 12.1. The summed E-state index contributed by atoms with van der Waals surface area (Å²) in [6.45, 7) is -0.131. The van der Waals surface area contributed by atoms with Crippen molar-refractivity contribution in [3.05, 3.63) is 57.7 Å². The minimum Gasteiger partial charge on any atom is -0.343 e. The molecule has 8 heteroatoms. The van der Waals surface area contributed by atoms with Gasteiger partial charge in [-0.15, -0.1) is 0 Å². The highest BCUT2D eigenvalue weighted by atomic mass is 127. The molecule has 1 saturated carbocycles. The lowest BCUT2D eigenvalue weighted by atomic mass is 10.2. The first-order valence-electron chi connectivity index (χ1n) is 8.51. The minimum absolute atomic E-state index is 0.131. The fourth-order valence-corrected chi connectivity index (χ4v) is 2.96. The molecule has 3 rings (SSSR count). The van der Waals surface area contributed by atoms with E-state index < -0.39 is 0 Å². The first-order chi connectivity index (χ1) is 13.0. The lowest BCUT2D eigenvalue weighted by molar-refractivity contribution is -0.115. The van der Waals surface area contributed by atoms with Crippen LogP contribution in [0.4, 0.5) is 16.2 Å². The van der Waals surface area contributed by atoms with Crippen LogP contribution in [0.2, 0.25) is 0 Å². The Morgan fingerprint density at radius 1 is 0.926 bits per heavy atom. The van der Waals surface area contributed by atoms with Gasteiger partial charge in [0.2, 0.25) is 5.91 Å². The third kappa shape index (κ3) is 5.95. The second kappa shape index (κ2) is 8.85. The second-order valence-corrected chi connectivity index (χ2v) is 7.32. The summed E-state index contributed by atoms with van der Waals surface area (Å²) in [5.74, 6) is -0.627. The van der Waals surface area contributed by atoms with E-state index in [1.165, 1.54) is 0 Å².